The summed E-state index contributed by atoms with van der Waals surface area (Å²) in [7, 11) is 0. The molecular formula is C11H14F2N2O. The van der Waals surface area contributed by atoms with Crippen molar-refractivity contribution in [2.45, 2.75) is 19.1 Å². The largest absolute Gasteiger partial charge is 0.435 e. The first kappa shape index (κ1) is 12.6. The van der Waals surface area contributed by atoms with Crippen LogP contribution in [0.25, 0.3) is 0 Å². The van der Waals surface area contributed by atoms with Crippen LogP contribution in [-0.2, 0) is 0 Å². The van der Waals surface area contributed by atoms with Crippen molar-refractivity contribution < 1.29 is 13.5 Å². The third-order valence-electron chi connectivity index (χ3n) is 2.11. The van der Waals surface area contributed by atoms with Crippen molar-refractivity contribution in [2.24, 2.45) is 5.84 Å². The van der Waals surface area contributed by atoms with Gasteiger partial charge in [0, 0.05) is 6.04 Å². The molecule has 1 unspecified atom stereocenters. The molecule has 0 fully saturated rings. The molecule has 0 radical (unpaired) electrons. The van der Waals surface area contributed by atoms with Crippen molar-refractivity contribution in [3.63, 3.8) is 0 Å². The van der Waals surface area contributed by atoms with E-state index in [1.807, 2.05) is 0 Å². The Balaban J connectivity index is 2.72. The zero-order valence-electron chi connectivity index (χ0n) is 8.70. The summed E-state index contributed by atoms with van der Waals surface area (Å²) in [5.74, 6) is 5.49. The van der Waals surface area contributed by atoms with Gasteiger partial charge in [-0.3, -0.25) is 11.3 Å². The number of ether oxygens (including phenoxy) is 1. The second-order valence-corrected chi connectivity index (χ2v) is 3.19. The van der Waals surface area contributed by atoms with Crippen molar-refractivity contribution in [1.29, 1.82) is 0 Å². The monoisotopic (exact) mass is 228 g/mol. The van der Waals surface area contributed by atoms with Crippen LogP contribution in [0, 0.1) is 0 Å². The van der Waals surface area contributed by atoms with E-state index in [4.69, 9.17) is 5.84 Å². The summed E-state index contributed by atoms with van der Waals surface area (Å²) in [6.07, 6.45) is 2.39. The molecule has 0 saturated carbocycles. The van der Waals surface area contributed by atoms with Crippen molar-refractivity contribution in [3.05, 3.63) is 42.5 Å². The van der Waals surface area contributed by atoms with Crippen LogP contribution in [0.3, 0.4) is 0 Å². The molecule has 1 aromatic rings. The zero-order valence-corrected chi connectivity index (χ0v) is 8.70. The van der Waals surface area contributed by atoms with E-state index in [-0.39, 0.29) is 11.8 Å². The van der Waals surface area contributed by atoms with Crippen LogP contribution in [0.5, 0.6) is 5.75 Å². The van der Waals surface area contributed by atoms with Crippen LogP contribution in [0.4, 0.5) is 8.78 Å². The topological polar surface area (TPSA) is 47.3 Å². The van der Waals surface area contributed by atoms with Crippen LogP contribution >= 0.6 is 0 Å². The molecule has 16 heavy (non-hydrogen) atoms. The van der Waals surface area contributed by atoms with Gasteiger partial charge in [0.2, 0.25) is 0 Å². The minimum Gasteiger partial charge on any atom is -0.435 e. The lowest BCUT2D eigenvalue weighted by atomic mass is 10.0. The van der Waals surface area contributed by atoms with Gasteiger partial charge in [-0.25, -0.2) is 0 Å². The molecule has 0 aliphatic heterocycles. The molecule has 0 bridgehead atoms. The van der Waals surface area contributed by atoms with Crippen molar-refractivity contribution in [1.82, 2.24) is 5.43 Å². The van der Waals surface area contributed by atoms with Gasteiger partial charge in [-0.05, 0) is 24.1 Å². The first-order valence-electron chi connectivity index (χ1n) is 4.79. The number of hydrogen-bond donors (Lipinski definition) is 2. The number of hydrogen-bond acceptors (Lipinski definition) is 3. The maximum atomic E-state index is 11.9. The van der Waals surface area contributed by atoms with Gasteiger partial charge in [0.05, 0.1) is 0 Å². The molecule has 1 aromatic carbocycles. The molecule has 0 saturated heterocycles. The summed E-state index contributed by atoms with van der Waals surface area (Å²) < 4.78 is 28.0. The van der Waals surface area contributed by atoms with Crippen molar-refractivity contribution in [3.8, 4) is 5.75 Å². The second kappa shape index (κ2) is 6.19. The minimum atomic E-state index is -2.80. The lowest BCUT2D eigenvalue weighted by Gasteiger charge is -2.14. The van der Waals surface area contributed by atoms with Crippen LogP contribution in [0.2, 0.25) is 0 Å². The molecule has 88 valence electrons. The fourth-order valence-electron chi connectivity index (χ4n) is 1.35. The van der Waals surface area contributed by atoms with E-state index in [9.17, 15) is 8.78 Å². The highest BCUT2D eigenvalue weighted by molar-refractivity contribution is 5.29. The number of hydrazine groups is 1. The molecular weight excluding hydrogens is 214 g/mol. The Hall–Kier alpha value is -1.46. The second-order valence-electron chi connectivity index (χ2n) is 3.19. The van der Waals surface area contributed by atoms with Gasteiger partial charge < -0.3 is 4.74 Å². The quantitative estimate of drug-likeness (QED) is 0.446. The van der Waals surface area contributed by atoms with Crippen LogP contribution in [0.1, 0.15) is 18.0 Å². The van der Waals surface area contributed by atoms with E-state index in [1.165, 1.54) is 12.1 Å². The highest BCUT2D eigenvalue weighted by Crippen LogP contribution is 2.20. The zero-order chi connectivity index (χ0) is 12.0. The fourth-order valence-corrected chi connectivity index (χ4v) is 1.35. The Morgan fingerprint density at radius 2 is 2.00 bits per heavy atom. The third kappa shape index (κ3) is 3.60. The minimum absolute atomic E-state index is 0.0712. The number of halogens is 2. The summed E-state index contributed by atoms with van der Waals surface area (Å²) in [4.78, 5) is 0. The van der Waals surface area contributed by atoms with Gasteiger partial charge in [-0.15, -0.1) is 6.58 Å². The van der Waals surface area contributed by atoms with E-state index in [0.717, 1.165) is 5.56 Å². The molecule has 1 atom stereocenters. The summed E-state index contributed by atoms with van der Waals surface area (Å²) in [6.45, 7) is 0.808. The van der Waals surface area contributed by atoms with Gasteiger partial charge in [0.1, 0.15) is 5.75 Å². The molecule has 1 rings (SSSR count). The standard InChI is InChI=1S/C11H14F2N2O/c1-2-3-10(15-14)8-4-6-9(7-5-8)16-11(12)13/h2,4-7,10-11,15H,1,3,14H2. The predicted octanol–water partition coefficient (Wildman–Crippen LogP) is 2.37. The summed E-state index contributed by atoms with van der Waals surface area (Å²) in [6, 6.07) is 6.26. The van der Waals surface area contributed by atoms with Crippen LogP contribution in [0.15, 0.2) is 36.9 Å². The van der Waals surface area contributed by atoms with Gasteiger partial charge in [-0.2, -0.15) is 8.78 Å². The normalized spacial score (nSPS) is 12.5. The van der Waals surface area contributed by atoms with Crippen molar-refractivity contribution in [2.75, 3.05) is 0 Å². The highest BCUT2D eigenvalue weighted by Gasteiger charge is 2.08. The van der Waals surface area contributed by atoms with Gasteiger partial charge >= 0.3 is 6.61 Å². The molecule has 0 aliphatic carbocycles. The highest BCUT2D eigenvalue weighted by atomic mass is 19.3. The van der Waals surface area contributed by atoms with Gasteiger partial charge in [-0.1, -0.05) is 18.2 Å². The van der Waals surface area contributed by atoms with E-state index in [1.54, 1.807) is 18.2 Å². The lowest BCUT2D eigenvalue weighted by molar-refractivity contribution is -0.0498. The first-order chi connectivity index (χ1) is 7.67. The number of nitrogens with one attached hydrogen (secondary N) is 1. The fraction of sp³-hybridized carbons (Fsp3) is 0.273. The Morgan fingerprint density at radius 1 is 1.38 bits per heavy atom. The maximum Gasteiger partial charge on any atom is 0.387 e. The van der Waals surface area contributed by atoms with Gasteiger partial charge in [0.25, 0.3) is 0 Å². The van der Waals surface area contributed by atoms with Crippen LogP contribution < -0.4 is 16.0 Å². The number of benzene rings is 1. The Kier molecular flexibility index (Phi) is 4.88. The van der Waals surface area contributed by atoms with Crippen molar-refractivity contribution >= 4 is 0 Å². The Bertz CT molecular complexity index is 327. The first-order valence-corrected chi connectivity index (χ1v) is 4.79. The summed E-state index contributed by atoms with van der Waals surface area (Å²) >= 11 is 0. The van der Waals surface area contributed by atoms with E-state index < -0.39 is 6.61 Å². The predicted molar refractivity (Wildman–Crippen MR) is 58.0 cm³/mol. The van der Waals surface area contributed by atoms with E-state index >= 15 is 0 Å². The number of rotatable bonds is 6. The molecule has 3 nitrogen and oxygen atoms in total. The Morgan fingerprint density at radius 3 is 2.44 bits per heavy atom. The third-order valence-corrected chi connectivity index (χ3v) is 2.11. The average molecular weight is 228 g/mol. The molecule has 0 aromatic heterocycles. The number of nitrogens with two attached hydrogens (primary N) is 1. The Labute approximate surface area is 92.9 Å². The average Bonchev–Trinajstić information content (AvgIpc) is 2.26. The molecule has 3 N–H and O–H groups in total. The summed E-state index contributed by atoms with van der Waals surface area (Å²) in [5, 5.41) is 0. The maximum absolute atomic E-state index is 11.9. The van der Waals surface area contributed by atoms with Gasteiger partial charge in [0.15, 0.2) is 0 Å². The van der Waals surface area contributed by atoms with E-state index in [0.29, 0.717) is 6.42 Å². The van der Waals surface area contributed by atoms with E-state index in [2.05, 4.69) is 16.7 Å². The molecule has 5 heteroatoms. The number of alkyl halides is 2. The van der Waals surface area contributed by atoms with Crippen LogP contribution in [-0.4, -0.2) is 6.61 Å². The SMILES string of the molecule is C=CCC(NN)c1ccc(OC(F)F)cc1. The summed E-state index contributed by atoms with van der Waals surface area (Å²) in [5.41, 5.74) is 3.51. The molecule has 0 heterocycles. The molecule has 0 spiro atoms. The molecule has 0 amide bonds. The smallest absolute Gasteiger partial charge is 0.387 e. The molecule has 0 aliphatic rings. The lowest BCUT2D eigenvalue weighted by Crippen LogP contribution is -2.27.